The second kappa shape index (κ2) is 10.5. The van der Waals surface area contributed by atoms with Gasteiger partial charge >= 0.3 is 0 Å². The molecule has 4 rings (SSSR count). The van der Waals surface area contributed by atoms with E-state index in [1.165, 1.54) is 43.4 Å². The SMILES string of the molecule is COc1ccc(C(=O)Nc2nc(CN3CCC[C@@H](C)C3)cs2)cc1S(=O)(=O)NC1CCCC1. The number of hydrogen-bond acceptors (Lipinski definition) is 7. The molecule has 1 aromatic carbocycles. The zero-order valence-electron chi connectivity index (χ0n) is 19.2. The van der Waals surface area contributed by atoms with Crippen molar-refractivity contribution < 1.29 is 17.9 Å². The van der Waals surface area contributed by atoms with Crippen LogP contribution in [0.1, 0.15) is 61.5 Å². The highest BCUT2D eigenvalue weighted by atomic mass is 32.2. The number of carbonyl (C=O) groups excluding carboxylic acids is 1. The number of sulfonamides is 1. The Bertz CT molecular complexity index is 1080. The standard InChI is InChI=1S/C23H32N4O4S2/c1-16-6-5-11-27(13-16)14-19-15-32-23(24-19)25-22(28)17-9-10-20(31-2)21(12-17)33(29,30)26-18-7-3-4-8-18/h9-10,12,15-16,18,26H,3-8,11,13-14H2,1-2H3,(H,24,25,28)/t16-/m1/s1. The van der Waals surface area contributed by atoms with Crippen LogP contribution in [0.2, 0.25) is 0 Å². The number of anilines is 1. The monoisotopic (exact) mass is 492 g/mol. The molecule has 1 atom stereocenters. The van der Waals surface area contributed by atoms with E-state index in [4.69, 9.17) is 4.74 Å². The van der Waals surface area contributed by atoms with Crippen LogP contribution >= 0.6 is 11.3 Å². The van der Waals surface area contributed by atoms with Gasteiger partial charge in [0.1, 0.15) is 10.6 Å². The maximum absolute atomic E-state index is 13.0. The Hall–Kier alpha value is -2.01. The van der Waals surface area contributed by atoms with Gasteiger partial charge in [-0.1, -0.05) is 19.8 Å². The lowest BCUT2D eigenvalue weighted by Gasteiger charge is -2.30. The molecular formula is C23H32N4O4S2. The third-order valence-corrected chi connectivity index (χ3v) is 8.64. The molecule has 0 radical (unpaired) electrons. The minimum absolute atomic E-state index is 0.0244. The highest BCUT2D eigenvalue weighted by Crippen LogP contribution is 2.28. The Labute approximate surface area is 199 Å². The van der Waals surface area contributed by atoms with Crippen LogP contribution in [0.4, 0.5) is 5.13 Å². The number of nitrogens with one attached hydrogen (secondary N) is 2. The molecule has 180 valence electrons. The van der Waals surface area contributed by atoms with Gasteiger partial charge in [-0.05, 0) is 56.3 Å². The molecule has 8 nitrogen and oxygen atoms in total. The fourth-order valence-corrected chi connectivity index (χ4v) is 6.82. The van der Waals surface area contributed by atoms with Gasteiger partial charge in [0, 0.05) is 30.1 Å². The van der Waals surface area contributed by atoms with Gasteiger partial charge in [0.05, 0.1) is 12.8 Å². The summed E-state index contributed by atoms with van der Waals surface area (Å²) in [5, 5.41) is 5.27. The minimum Gasteiger partial charge on any atom is -0.495 e. The molecule has 0 bridgehead atoms. The number of likely N-dealkylation sites (tertiary alicyclic amines) is 1. The van der Waals surface area contributed by atoms with Crippen LogP contribution < -0.4 is 14.8 Å². The molecule has 10 heteroatoms. The number of methoxy groups -OCH3 is 1. The summed E-state index contributed by atoms with van der Waals surface area (Å²) in [6, 6.07) is 4.37. The molecule has 1 aromatic heterocycles. The summed E-state index contributed by atoms with van der Waals surface area (Å²) in [7, 11) is -2.39. The lowest BCUT2D eigenvalue weighted by molar-refractivity contribution is 0.102. The van der Waals surface area contributed by atoms with Crippen LogP contribution in [0.15, 0.2) is 28.5 Å². The topological polar surface area (TPSA) is 101 Å². The van der Waals surface area contributed by atoms with Gasteiger partial charge in [-0.15, -0.1) is 11.3 Å². The largest absolute Gasteiger partial charge is 0.495 e. The second-order valence-electron chi connectivity index (χ2n) is 9.05. The molecule has 0 spiro atoms. The molecule has 2 fully saturated rings. The number of aromatic nitrogens is 1. The lowest BCUT2D eigenvalue weighted by Crippen LogP contribution is -2.33. The first-order chi connectivity index (χ1) is 15.8. The predicted octanol–water partition coefficient (Wildman–Crippen LogP) is 3.86. The summed E-state index contributed by atoms with van der Waals surface area (Å²) in [6.45, 7) is 5.18. The fraction of sp³-hybridized carbons (Fsp3) is 0.565. The van der Waals surface area contributed by atoms with Crippen molar-refractivity contribution in [3.05, 3.63) is 34.8 Å². The van der Waals surface area contributed by atoms with E-state index in [0.29, 0.717) is 11.0 Å². The number of amides is 1. The van der Waals surface area contributed by atoms with Gasteiger partial charge in [0.2, 0.25) is 10.0 Å². The third-order valence-electron chi connectivity index (χ3n) is 6.29. The van der Waals surface area contributed by atoms with Gasteiger partial charge in [-0.3, -0.25) is 15.0 Å². The van der Waals surface area contributed by atoms with E-state index in [2.05, 4.69) is 26.8 Å². The summed E-state index contributed by atoms with van der Waals surface area (Å²) in [5.74, 6) is 0.507. The van der Waals surface area contributed by atoms with Crippen molar-refractivity contribution in [3.8, 4) is 5.75 Å². The molecule has 2 aromatic rings. The summed E-state index contributed by atoms with van der Waals surface area (Å²) in [6.07, 6.45) is 6.14. The minimum atomic E-state index is -3.81. The van der Waals surface area contributed by atoms with Crippen molar-refractivity contribution in [1.82, 2.24) is 14.6 Å². The molecule has 1 saturated heterocycles. The molecule has 2 aliphatic rings. The van der Waals surface area contributed by atoms with E-state index in [1.807, 2.05) is 5.38 Å². The maximum Gasteiger partial charge on any atom is 0.257 e. The lowest BCUT2D eigenvalue weighted by atomic mass is 10.0. The van der Waals surface area contributed by atoms with Gasteiger partial charge in [0.25, 0.3) is 5.91 Å². The Morgan fingerprint density at radius 1 is 1.24 bits per heavy atom. The average molecular weight is 493 g/mol. The van der Waals surface area contributed by atoms with E-state index in [-0.39, 0.29) is 22.3 Å². The van der Waals surface area contributed by atoms with Crippen molar-refractivity contribution in [2.45, 2.75) is 62.9 Å². The number of thiazole rings is 1. The number of piperidine rings is 1. The van der Waals surface area contributed by atoms with Crippen molar-refractivity contribution in [1.29, 1.82) is 0 Å². The van der Waals surface area contributed by atoms with E-state index in [9.17, 15) is 13.2 Å². The van der Waals surface area contributed by atoms with Gasteiger partial charge in [-0.25, -0.2) is 18.1 Å². The number of nitrogens with zero attached hydrogens (tertiary/aromatic N) is 2. The van der Waals surface area contributed by atoms with E-state index < -0.39 is 15.9 Å². The first kappa shape index (κ1) is 24.1. The molecular weight excluding hydrogens is 460 g/mol. The Kier molecular flexibility index (Phi) is 7.68. The molecule has 1 aliphatic carbocycles. The molecule has 0 unspecified atom stereocenters. The zero-order valence-corrected chi connectivity index (χ0v) is 20.8. The van der Waals surface area contributed by atoms with Gasteiger partial charge < -0.3 is 4.74 Å². The number of benzene rings is 1. The average Bonchev–Trinajstić information content (AvgIpc) is 3.45. The Morgan fingerprint density at radius 2 is 2.03 bits per heavy atom. The van der Waals surface area contributed by atoms with Crippen LogP contribution in [-0.2, 0) is 16.6 Å². The maximum atomic E-state index is 13.0. The first-order valence-electron chi connectivity index (χ1n) is 11.5. The van der Waals surface area contributed by atoms with Crippen molar-refractivity contribution in [3.63, 3.8) is 0 Å². The zero-order chi connectivity index (χ0) is 23.4. The van der Waals surface area contributed by atoms with Gasteiger partial charge in [-0.2, -0.15) is 0 Å². The quantitative estimate of drug-likeness (QED) is 0.580. The molecule has 1 amide bonds. The smallest absolute Gasteiger partial charge is 0.257 e. The van der Waals surface area contributed by atoms with E-state index in [0.717, 1.165) is 51.0 Å². The summed E-state index contributed by atoms with van der Waals surface area (Å²) >= 11 is 1.38. The Morgan fingerprint density at radius 3 is 2.76 bits per heavy atom. The predicted molar refractivity (Wildman–Crippen MR) is 129 cm³/mol. The normalized spacial score (nSPS) is 20.1. The highest BCUT2D eigenvalue weighted by Gasteiger charge is 2.27. The summed E-state index contributed by atoms with van der Waals surface area (Å²) < 4.78 is 34.0. The van der Waals surface area contributed by atoms with Gasteiger partial charge in [0.15, 0.2) is 5.13 Å². The summed E-state index contributed by atoms with van der Waals surface area (Å²) in [4.78, 5) is 19.8. The number of ether oxygens (including phenoxy) is 1. The number of rotatable bonds is 8. The van der Waals surface area contributed by atoms with Crippen LogP contribution in [0.5, 0.6) is 5.75 Å². The first-order valence-corrected chi connectivity index (χ1v) is 13.9. The summed E-state index contributed by atoms with van der Waals surface area (Å²) in [5.41, 5.74) is 1.17. The third kappa shape index (κ3) is 6.11. The fourth-order valence-electron chi connectivity index (χ4n) is 4.62. The van der Waals surface area contributed by atoms with Crippen molar-refractivity contribution in [2.24, 2.45) is 5.92 Å². The molecule has 1 aliphatic heterocycles. The molecule has 33 heavy (non-hydrogen) atoms. The van der Waals surface area contributed by atoms with Crippen LogP contribution in [-0.4, -0.2) is 50.5 Å². The highest BCUT2D eigenvalue weighted by molar-refractivity contribution is 7.89. The van der Waals surface area contributed by atoms with Crippen LogP contribution in [0.3, 0.4) is 0 Å². The Balaban J connectivity index is 1.45. The van der Waals surface area contributed by atoms with Crippen LogP contribution in [0.25, 0.3) is 0 Å². The number of hydrogen-bond donors (Lipinski definition) is 2. The molecule has 1 saturated carbocycles. The van der Waals surface area contributed by atoms with Crippen molar-refractivity contribution >= 4 is 32.4 Å². The second-order valence-corrected chi connectivity index (χ2v) is 11.6. The van der Waals surface area contributed by atoms with Crippen molar-refractivity contribution in [2.75, 3.05) is 25.5 Å². The van der Waals surface area contributed by atoms with E-state index in [1.54, 1.807) is 6.07 Å². The van der Waals surface area contributed by atoms with E-state index >= 15 is 0 Å². The molecule has 2 heterocycles. The van der Waals surface area contributed by atoms with Crippen LogP contribution in [0, 0.1) is 5.92 Å². The number of carbonyl (C=O) groups is 1. The molecule has 2 N–H and O–H groups in total.